The molecule has 6 unspecified atom stereocenters. The number of nitrogens with one attached hydrogen (secondary N) is 2. The zero-order chi connectivity index (χ0) is 30.0. The SMILES string of the molecule is CC(=O)NC1C(O)[C@@H](O)C(CO)O[C@H]1O[C@H]1C(CO)O[C@@H](Oc2ccc3c(C)cc(=O)oc3c2)C(NC(C)=O)C1O. The van der Waals surface area contributed by atoms with Crippen molar-refractivity contribution in [3.63, 3.8) is 0 Å². The van der Waals surface area contributed by atoms with Gasteiger partial charge in [-0.2, -0.15) is 0 Å². The summed E-state index contributed by atoms with van der Waals surface area (Å²) in [6, 6.07) is 3.41. The van der Waals surface area contributed by atoms with Crippen LogP contribution in [0.3, 0.4) is 0 Å². The molecule has 0 saturated carbocycles. The third kappa shape index (κ3) is 6.68. The van der Waals surface area contributed by atoms with Crippen LogP contribution in [-0.2, 0) is 23.8 Å². The van der Waals surface area contributed by atoms with Crippen LogP contribution in [0.4, 0.5) is 0 Å². The van der Waals surface area contributed by atoms with E-state index in [1.54, 1.807) is 19.1 Å². The summed E-state index contributed by atoms with van der Waals surface area (Å²) in [5, 5.41) is 57.5. The van der Waals surface area contributed by atoms with E-state index in [0.717, 1.165) is 6.92 Å². The number of ether oxygens (including phenoxy) is 4. The maximum absolute atomic E-state index is 12.1. The number of amides is 2. The zero-order valence-electron chi connectivity index (χ0n) is 22.5. The van der Waals surface area contributed by atoms with Crippen LogP contribution in [-0.4, -0.2) is 112 Å². The Morgan fingerprint density at radius 3 is 2.10 bits per heavy atom. The quantitative estimate of drug-likeness (QED) is 0.159. The molecule has 15 heteroatoms. The van der Waals surface area contributed by atoms with Crippen molar-refractivity contribution in [3.05, 3.63) is 40.2 Å². The second-order valence-electron chi connectivity index (χ2n) is 10.0. The summed E-state index contributed by atoms with van der Waals surface area (Å²) in [6.07, 6.45) is -11.7. The van der Waals surface area contributed by atoms with E-state index in [1.165, 1.54) is 19.1 Å². The first-order valence-electron chi connectivity index (χ1n) is 12.9. The molecule has 2 fully saturated rings. The Bertz CT molecular complexity index is 1300. The average molecular weight is 583 g/mol. The van der Waals surface area contributed by atoms with Crippen molar-refractivity contribution in [1.82, 2.24) is 10.6 Å². The van der Waals surface area contributed by atoms with Gasteiger partial charge in [0.25, 0.3) is 0 Å². The topological polar surface area (TPSA) is 226 Å². The fourth-order valence-electron chi connectivity index (χ4n) is 4.98. The van der Waals surface area contributed by atoms with Gasteiger partial charge in [-0.1, -0.05) is 0 Å². The Balaban J connectivity index is 1.61. The molecular weight excluding hydrogens is 548 g/mol. The largest absolute Gasteiger partial charge is 0.462 e. The lowest BCUT2D eigenvalue weighted by atomic mass is 9.94. The number of hydrogen-bond donors (Lipinski definition) is 7. The Labute approximate surface area is 233 Å². The molecule has 2 saturated heterocycles. The maximum Gasteiger partial charge on any atom is 0.336 e. The lowest BCUT2D eigenvalue weighted by Gasteiger charge is -2.48. The molecule has 7 N–H and O–H groups in total. The summed E-state index contributed by atoms with van der Waals surface area (Å²) in [6.45, 7) is 2.71. The molecule has 0 radical (unpaired) electrons. The highest BCUT2D eigenvalue weighted by Crippen LogP contribution is 2.31. The number of hydrogen-bond acceptors (Lipinski definition) is 13. The molecule has 0 spiro atoms. The molecular formula is C26H34N2O13. The summed E-state index contributed by atoms with van der Waals surface area (Å²) < 4.78 is 28.5. The van der Waals surface area contributed by atoms with Gasteiger partial charge in [0.05, 0.1) is 13.2 Å². The monoisotopic (exact) mass is 582 g/mol. The van der Waals surface area contributed by atoms with Crippen molar-refractivity contribution < 1.29 is 58.5 Å². The number of aliphatic hydroxyl groups excluding tert-OH is 5. The molecule has 41 heavy (non-hydrogen) atoms. The first-order chi connectivity index (χ1) is 19.4. The number of carbonyl (C=O) groups is 2. The number of rotatable bonds is 8. The molecule has 1 aromatic heterocycles. The Morgan fingerprint density at radius 1 is 0.878 bits per heavy atom. The third-order valence-corrected chi connectivity index (χ3v) is 6.94. The molecule has 2 aliphatic heterocycles. The molecule has 226 valence electrons. The molecule has 2 aliphatic rings. The van der Waals surface area contributed by atoms with Crippen molar-refractivity contribution in [2.24, 2.45) is 0 Å². The Morgan fingerprint density at radius 2 is 1.49 bits per heavy atom. The van der Waals surface area contributed by atoms with Crippen molar-refractivity contribution in [2.45, 2.75) is 82.1 Å². The highest BCUT2D eigenvalue weighted by atomic mass is 16.7. The standard InChI is InChI=1S/C26H34N2O13/c1-10-6-18(33)38-15-7-13(4-5-14(10)15)37-25-20(28-12(3)32)23(36)24(17(9-30)40-25)41-26-19(27-11(2)31)22(35)21(34)16(8-29)39-26/h4-7,16-17,19-26,29-30,34-36H,8-9H2,1-3H3,(H,27,31)(H,28,32)/t16?,17?,19?,20?,21-,22?,23?,24-,25+,26-/m0/s1. The van der Waals surface area contributed by atoms with E-state index in [1.807, 2.05) is 0 Å². The fourth-order valence-corrected chi connectivity index (χ4v) is 4.98. The molecule has 2 amide bonds. The second kappa shape index (κ2) is 12.8. The Hall–Kier alpha value is -3.15. The number of benzene rings is 1. The summed E-state index contributed by atoms with van der Waals surface area (Å²) in [5.74, 6) is -0.985. The van der Waals surface area contributed by atoms with Gasteiger partial charge in [-0.15, -0.1) is 0 Å². The predicted octanol–water partition coefficient (Wildman–Crippen LogP) is -2.61. The molecule has 2 aromatic rings. The van der Waals surface area contributed by atoms with Crippen LogP contribution >= 0.6 is 0 Å². The van der Waals surface area contributed by atoms with Gasteiger partial charge >= 0.3 is 5.63 Å². The van der Waals surface area contributed by atoms with Gasteiger partial charge in [-0.25, -0.2) is 4.79 Å². The summed E-state index contributed by atoms with van der Waals surface area (Å²) in [7, 11) is 0. The van der Waals surface area contributed by atoms with E-state index in [0.29, 0.717) is 10.9 Å². The number of aryl methyl sites for hydroxylation is 1. The van der Waals surface area contributed by atoms with Crippen LogP contribution in [0.15, 0.2) is 33.5 Å². The molecule has 1 aromatic carbocycles. The molecule has 4 rings (SSSR count). The van der Waals surface area contributed by atoms with E-state index in [2.05, 4.69) is 10.6 Å². The van der Waals surface area contributed by atoms with Crippen molar-refractivity contribution >= 4 is 22.8 Å². The van der Waals surface area contributed by atoms with E-state index in [9.17, 15) is 39.9 Å². The van der Waals surface area contributed by atoms with E-state index >= 15 is 0 Å². The van der Waals surface area contributed by atoms with Gasteiger partial charge < -0.3 is 59.5 Å². The lowest BCUT2D eigenvalue weighted by Crippen LogP contribution is -2.69. The van der Waals surface area contributed by atoms with Crippen LogP contribution in [0, 0.1) is 6.92 Å². The Kier molecular flexibility index (Phi) is 9.61. The van der Waals surface area contributed by atoms with Gasteiger partial charge in [-0.05, 0) is 24.6 Å². The first kappa shape index (κ1) is 30.8. The minimum Gasteiger partial charge on any atom is -0.462 e. The molecule has 0 bridgehead atoms. The minimum absolute atomic E-state index is 0.166. The normalized spacial score (nSPS) is 33.8. The zero-order valence-corrected chi connectivity index (χ0v) is 22.5. The summed E-state index contributed by atoms with van der Waals surface area (Å²) in [5.41, 5.74) is 0.362. The minimum atomic E-state index is -1.62. The summed E-state index contributed by atoms with van der Waals surface area (Å²) >= 11 is 0. The predicted molar refractivity (Wildman–Crippen MR) is 137 cm³/mol. The third-order valence-electron chi connectivity index (χ3n) is 6.94. The van der Waals surface area contributed by atoms with Gasteiger partial charge in [0.1, 0.15) is 60.0 Å². The molecule has 10 atom stereocenters. The van der Waals surface area contributed by atoms with Gasteiger partial charge in [0, 0.05) is 31.4 Å². The second-order valence-corrected chi connectivity index (χ2v) is 10.0. The molecule has 0 aliphatic carbocycles. The maximum atomic E-state index is 12.1. The van der Waals surface area contributed by atoms with Gasteiger partial charge in [-0.3, -0.25) is 9.59 Å². The van der Waals surface area contributed by atoms with Crippen LogP contribution in [0.1, 0.15) is 19.4 Å². The van der Waals surface area contributed by atoms with Crippen molar-refractivity contribution in [2.75, 3.05) is 13.2 Å². The number of aliphatic hydroxyl groups is 5. The highest BCUT2D eigenvalue weighted by Gasteiger charge is 2.52. The lowest BCUT2D eigenvalue weighted by molar-refractivity contribution is -0.325. The fraction of sp³-hybridized carbons (Fsp3) is 0.577. The highest BCUT2D eigenvalue weighted by molar-refractivity contribution is 5.81. The average Bonchev–Trinajstić information content (AvgIpc) is 2.90. The molecule has 15 nitrogen and oxygen atoms in total. The van der Waals surface area contributed by atoms with E-state index in [4.69, 9.17) is 23.4 Å². The van der Waals surface area contributed by atoms with Crippen molar-refractivity contribution in [3.8, 4) is 5.75 Å². The molecule has 3 heterocycles. The van der Waals surface area contributed by atoms with Crippen LogP contribution in [0.5, 0.6) is 5.75 Å². The van der Waals surface area contributed by atoms with Crippen molar-refractivity contribution in [1.29, 1.82) is 0 Å². The summed E-state index contributed by atoms with van der Waals surface area (Å²) in [4.78, 5) is 35.7. The van der Waals surface area contributed by atoms with Crippen LogP contribution in [0.2, 0.25) is 0 Å². The van der Waals surface area contributed by atoms with Crippen LogP contribution < -0.4 is 21.0 Å². The first-order valence-corrected chi connectivity index (χ1v) is 12.9. The van der Waals surface area contributed by atoms with E-state index in [-0.39, 0.29) is 11.3 Å². The van der Waals surface area contributed by atoms with Crippen LogP contribution in [0.25, 0.3) is 11.0 Å². The number of fused-ring (bicyclic) bond motifs is 1. The number of carbonyl (C=O) groups excluding carboxylic acids is 2. The van der Waals surface area contributed by atoms with E-state index < -0.39 is 91.9 Å². The smallest absolute Gasteiger partial charge is 0.336 e. The van der Waals surface area contributed by atoms with Gasteiger partial charge in [0.2, 0.25) is 18.1 Å². The van der Waals surface area contributed by atoms with Gasteiger partial charge in [0.15, 0.2) is 6.29 Å².